The molecule has 20 heavy (non-hydrogen) atoms. The SMILES string of the molecule is CCCC(CC)NC(=O)N1CCCC(C)(C)C1C(=O)O. The number of piperidine rings is 1. The molecule has 0 aromatic carbocycles. The van der Waals surface area contributed by atoms with Gasteiger partial charge in [-0.25, -0.2) is 9.59 Å². The molecule has 2 unspecified atom stereocenters. The van der Waals surface area contributed by atoms with Crippen molar-refractivity contribution in [3.05, 3.63) is 0 Å². The predicted octanol–water partition coefficient (Wildman–Crippen LogP) is 2.85. The van der Waals surface area contributed by atoms with Gasteiger partial charge in [-0.2, -0.15) is 0 Å². The quantitative estimate of drug-likeness (QED) is 0.815. The van der Waals surface area contributed by atoms with Gasteiger partial charge in [-0.15, -0.1) is 0 Å². The molecule has 1 aliphatic heterocycles. The van der Waals surface area contributed by atoms with Crippen molar-refractivity contribution in [1.82, 2.24) is 10.2 Å². The van der Waals surface area contributed by atoms with Crippen LogP contribution < -0.4 is 5.32 Å². The van der Waals surface area contributed by atoms with Crippen molar-refractivity contribution in [3.63, 3.8) is 0 Å². The van der Waals surface area contributed by atoms with E-state index in [4.69, 9.17) is 0 Å². The van der Waals surface area contributed by atoms with E-state index in [0.717, 1.165) is 32.1 Å². The average molecular weight is 284 g/mol. The maximum Gasteiger partial charge on any atom is 0.327 e. The number of likely N-dealkylation sites (tertiary alicyclic amines) is 1. The number of nitrogens with zero attached hydrogens (tertiary/aromatic N) is 1. The minimum absolute atomic E-state index is 0.131. The zero-order valence-corrected chi connectivity index (χ0v) is 13.1. The summed E-state index contributed by atoms with van der Waals surface area (Å²) in [6.45, 7) is 8.49. The molecule has 0 aromatic rings. The number of carbonyl (C=O) groups is 2. The second-order valence-corrected chi connectivity index (χ2v) is 6.37. The van der Waals surface area contributed by atoms with Crippen LogP contribution in [0.4, 0.5) is 4.79 Å². The first-order valence-electron chi connectivity index (χ1n) is 7.63. The molecule has 0 aliphatic carbocycles. The molecule has 0 aromatic heterocycles. The Labute approximate surface area is 121 Å². The first-order chi connectivity index (χ1) is 9.33. The van der Waals surface area contributed by atoms with Crippen LogP contribution in [0.3, 0.4) is 0 Å². The minimum Gasteiger partial charge on any atom is -0.480 e. The molecule has 2 atom stereocenters. The molecule has 2 amide bonds. The van der Waals surface area contributed by atoms with Crippen LogP contribution in [0, 0.1) is 5.41 Å². The molecule has 1 rings (SSSR count). The molecule has 0 bridgehead atoms. The van der Waals surface area contributed by atoms with Crippen LogP contribution in [0.15, 0.2) is 0 Å². The number of amides is 2. The van der Waals surface area contributed by atoms with Crippen LogP contribution in [-0.2, 0) is 4.79 Å². The van der Waals surface area contributed by atoms with Gasteiger partial charge in [0.15, 0.2) is 0 Å². The number of carboxylic acids is 1. The summed E-state index contributed by atoms with van der Waals surface area (Å²) in [4.78, 5) is 25.4. The maximum atomic E-state index is 12.4. The van der Waals surface area contributed by atoms with Gasteiger partial charge in [-0.1, -0.05) is 34.1 Å². The Hall–Kier alpha value is -1.26. The van der Waals surface area contributed by atoms with Crippen LogP contribution in [0.5, 0.6) is 0 Å². The van der Waals surface area contributed by atoms with Crippen LogP contribution in [0.2, 0.25) is 0 Å². The van der Waals surface area contributed by atoms with Gasteiger partial charge in [-0.3, -0.25) is 0 Å². The van der Waals surface area contributed by atoms with E-state index in [9.17, 15) is 14.7 Å². The van der Waals surface area contributed by atoms with Crippen LogP contribution in [-0.4, -0.2) is 40.6 Å². The lowest BCUT2D eigenvalue weighted by molar-refractivity contribution is -0.148. The summed E-state index contributed by atoms with van der Waals surface area (Å²) in [5.74, 6) is -0.909. The monoisotopic (exact) mass is 284 g/mol. The standard InChI is InChI=1S/C15H28N2O3/c1-5-8-11(6-2)16-14(20)17-10-7-9-15(3,4)12(17)13(18)19/h11-12H,5-10H2,1-4H3,(H,16,20)(H,18,19). The fourth-order valence-corrected chi connectivity index (χ4v) is 3.06. The van der Waals surface area contributed by atoms with Gasteiger partial charge < -0.3 is 15.3 Å². The Balaban J connectivity index is 2.81. The number of rotatable bonds is 5. The van der Waals surface area contributed by atoms with E-state index in [0.29, 0.717) is 6.54 Å². The van der Waals surface area contributed by atoms with E-state index in [1.54, 1.807) is 0 Å². The molecule has 1 aliphatic rings. The van der Waals surface area contributed by atoms with Gasteiger partial charge in [0, 0.05) is 12.6 Å². The fraction of sp³-hybridized carbons (Fsp3) is 0.867. The lowest BCUT2D eigenvalue weighted by atomic mass is 9.76. The third-order valence-electron chi connectivity index (χ3n) is 4.22. The van der Waals surface area contributed by atoms with Crippen molar-refractivity contribution in [2.45, 2.75) is 71.9 Å². The van der Waals surface area contributed by atoms with Crippen molar-refractivity contribution in [2.75, 3.05) is 6.54 Å². The highest BCUT2D eigenvalue weighted by atomic mass is 16.4. The number of carbonyl (C=O) groups excluding carboxylic acids is 1. The number of nitrogens with one attached hydrogen (secondary N) is 1. The van der Waals surface area contributed by atoms with E-state index in [2.05, 4.69) is 12.2 Å². The molecular formula is C15H28N2O3. The summed E-state index contributed by atoms with van der Waals surface area (Å²) in [5.41, 5.74) is -0.381. The van der Waals surface area contributed by atoms with Crippen LogP contribution in [0.25, 0.3) is 0 Å². The molecule has 0 saturated carbocycles. The fourth-order valence-electron chi connectivity index (χ4n) is 3.06. The highest BCUT2D eigenvalue weighted by molar-refractivity contribution is 5.83. The first-order valence-corrected chi connectivity index (χ1v) is 7.63. The normalized spacial score (nSPS) is 23.2. The van der Waals surface area contributed by atoms with Crippen molar-refractivity contribution < 1.29 is 14.7 Å². The van der Waals surface area contributed by atoms with E-state index < -0.39 is 12.0 Å². The molecule has 116 valence electrons. The summed E-state index contributed by atoms with van der Waals surface area (Å²) in [7, 11) is 0. The summed E-state index contributed by atoms with van der Waals surface area (Å²) < 4.78 is 0. The zero-order chi connectivity index (χ0) is 15.3. The highest BCUT2D eigenvalue weighted by Gasteiger charge is 2.44. The molecular weight excluding hydrogens is 256 g/mol. The second-order valence-electron chi connectivity index (χ2n) is 6.37. The molecule has 5 heteroatoms. The topological polar surface area (TPSA) is 69.6 Å². The smallest absolute Gasteiger partial charge is 0.327 e. The van der Waals surface area contributed by atoms with E-state index >= 15 is 0 Å². The van der Waals surface area contributed by atoms with Gasteiger partial charge in [0.1, 0.15) is 6.04 Å². The zero-order valence-electron chi connectivity index (χ0n) is 13.1. The summed E-state index contributed by atoms with van der Waals surface area (Å²) in [6, 6.07) is -0.840. The molecule has 0 spiro atoms. The maximum absolute atomic E-state index is 12.4. The van der Waals surface area contributed by atoms with Gasteiger partial charge in [-0.05, 0) is 31.1 Å². The van der Waals surface area contributed by atoms with Crippen molar-refractivity contribution in [3.8, 4) is 0 Å². The third-order valence-corrected chi connectivity index (χ3v) is 4.22. The Morgan fingerprint density at radius 2 is 2.05 bits per heavy atom. The van der Waals surface area contributed by atoms with E-state index in [1.807, 2.05) is 20.8 Å². The highest BCUT2D eigenvalue weighted by Crippen LogP contribution is 2.35. The molecule has 2 N–H and O–H groups in total. The number of urea groups is 1. The Kier molecular flexibility index (Phi) is 5.84. The van der Waals surface area contributed by atoms with Gasteiger partial charge >= 0.3 is 12.0 Å². The van der Waals surface area contributed by atoms with E-state index in [-0.39, 0.29) is 17.5 Å². The van der Waals surface area contributed by atoms with Crippen LogP contribution in [0.1, 0.15) is 59.8 Å². The Morgan fingerprint density at radius 3 is 2.55 bits per heavy atom. The Morgan fingerprint density at radius 1 is 1.40 bits per heavy atom. The number of carboxylic acid groups (broad SMARTS) is 1. The first kappa shape index (κ1) is 16.8. The number of hydrogen-bond acceptors (Lipinski definition) is 2. The van der Waals surface area contributed by atoms with Crippen molar-refractivity contribution in [1.29, 1.82) is 0 Å². The Bertz CT molecular complexity index is 355. The molecule has 1 heterocycles. The lowest BCUT2D eigenvalue weighted by Crippen LogP contribution is -2.59. The minimum atomic E-state index is -0.909. The summed E-state index contributed by atoms with van der Waals surface area (Å²) in [5, 5.41) is 12.4. The number of aliphatic carboxylic acids is 1. The molecule has 5 nitrogen and oxygen atoms in total. The number of hydrogen-bond donors (Lipinski definition) is 2. The molecule has 1 saturated heterocycles. The van der Waals surface area contributed by atoms with Gasteiger partial charge in [0.2, 0.25) is 0 Å². The second kappa shape index (κ2) is 6.95. The predicted molar refractivity (Wildman–Crippen MR) is 78.7 cm³/mol. The van der Waals surface area contributed by atoms with Crippen molar-refractivity contribution in [2.24, 2.45) is 5.41 Å². The molecule has 1 fully saturated rings. The largest absolute Gasteiger partial charge is 0.480 e. The van der Waals surface area contributed by atoms with Crippen molar-refractivity contribution >= 4 is 12.0 Å². The van der Waals surface area contributed by atoms with E-state index in [1.165, 1.54) is 4.90 Å². The summed E-state index contributed by atoms with van der Waals surface area (Å²) in [6.07, 6.45) is 4.49. The average Bonchev–Trinajstić information content (AvgIpc) is 2.35. The summed E-state index contributed by atoms with van der Waals surface area (Å²) >= 11 is 0. The van der Waals surface area contributed by atoms with Crippen LogP contribution >= 0.6 is 0 Å². The third kappa shape index (κ3) is 3.87. The molecule has 0 radical (unpaired) electrons. The van der Waals surface area contributed by atoms with Gasteiger partial charge in [0.05, 0.1) is 0 Å². The lowest BCUT2D eigenvalue weighted by Gasteiger charge is -2.44. The van der Waals surface area contributed by atoms with Gasteiger partial charge in [0.25, 0.3) is 0 Å².